The van der Waals surface area contributed by atoms with Crippen LogP contribution < -0.4 is 0 Å². The number of unbranched alkanes of at least 4 members (excludes halogenated alkanes) is 1. The van der Waals surface area contributed by atoms with Crippen molar-refractivity contribution < 1.29 is 22.3 Å². The van der Waals surface area contributed by atoms with Crippen molar-refractivity contribution in [3.63, 3.8) is 0 Å². The van der Waals surface area contributed by atoms with E-state index in [0.717, 1.165) is 37.0 Å². The average Bonchev–Trinajstić information content (AvgIpc) is 2.77. The zero-order valence-electron chi connectivity index (χ0n) is 11.5. The van der Waals surface area contributed by atoms with Crippen LogP contribution in [0.25, 0.3) is 0 Å². The average molecular weight is 309 g/mol. The van der Waals surface area contributed by atoms with E-state index in [-0.39, 0.29) is 9.96 Å². The molecule has 1 heterocycles. The van der Waals surface area contributed by atoms with E-state index in [1.165, 1.54) is 12.1 Å². The molecule has 0 fully saturated rings. The van der Waals surface area contributed by atoms with Crippen LogP contribution in [0.5, 0.6) is 0 Å². The maximum Gasteiger partial charge on any atom is 0.318 e. The molecule has 0 radical (unpaired) electrons. The molecular weight excluding hydrogens is 294 g/mol. The molecule has 0 atom stereocenters. The number of hydrogen-bond donors (Lipinski definition) is 0. The Morgan fingerprint density at radius 2 is 1.62 bits per heavy atom. The Balaban J connectivity index is 2.12. The van der Waals surface area contributed by atoms with Crippen LogP contribution in [-0.4, -0.2) is 25.3 Å². The van der Waals surface area contributed by atoms with Crippen LogP contribution in [0.4, 0.5) is 0 Å². The van der Waals surface area contributed by atoms with Crippen LogP contribution in [0.1, 0.15) is 25.3 Å². The molecule has 1 aromatic carbocycles. The van der Waals surface area contributed by atoms with Crippen molar-refractivity contribution in [3.05, 3.63) is 42.0 Å². The third-order valence-electron chi connectivity index (χ3n) is 2.97. The summed E-state index contributed by atoms with van der Waals surface area (Å²) in [5.74, 6) is -1.63. The molecule has 0 bridgehead atoms. The van der Waals surface area contributed by atoms with Crippen molar-refractivity contribution in [1.29, 1.82) is 0 Å². The number of aryl methyl sites for hydroxylation is 1. The molecule has 0 saturated heterocycles. The molecule has 1 aliphatic rings. The lowest BCUT2D eigenvalue weighted by Gasteiger charge is -2.13. The highest BCUT2D eigenvalue weighted by molar-refractivity contribution is 7.86. The Morgan fingerprint density at radius 1 is 1.05 bits per heavy atom. The first-order chi connectivity index (χ1) is 9.94. The zero-order valence-corrected chi connectivity index (χ0v) is 12.3. The fourth-order valence-electron chi connectivity index (χ4n) is 1.80. The Bertz CT molecular complexity index is 658. The first-order valence-electron chi connectivity index (χ1n) is 6.53. The minimum Gasteiger partial charge on any atom is -0.267 e. The van der Waals surface area contributed by atoms with Gasteiger partial charge in [-0.3, -0.25) is 9.59 Å². The standard InChI is InChI=1S/C14H15NO5S/c1-2-3-4-11-5-7-12(8-6-11)21(18,19)20-15-13(16)9-10-14(15)17/h5-10H,2-4H2,1H3. The molecule has 7 heteroatoms. The van der Waals surface area contributed by atoms with Crippen molar-refractivity contribution in [2.45, 2.75) is 31.1 Å². The number of carbonyl (C=O) groups excluding carboxylic acids is 2. The van der Waals surface area contributed by atoms with E-state index in [4.69, 9.17) is 0 Å². The van der Waals surface area contributed by atoms with Crippen LogP contribution >= 0.6 is 0 Å². The summed E-state index contributed by atoms with van der Waals surface area (Å²) in [4.78, 5) is 22.5. The highest BCUT2D eigenvalue weighted by Gasteiger charge is 2.31. The van der Waals surface area contributed by atoms with Gasteiger partial charge in [-0.2, -0.15) is 8.42 Å². The van der Waals surface area contributed by atoms with Crippen LogP contribution in [0.15, 0.2) is 41.3 Å². The SMILES string of the molecule is CCCCc1ccc(S(=O)(=O)ON2C(=O)C=CC2=O)cc1. The highest BCUT2D eigenvalue weighted by Crippen LogP contribution is 2.18. The van der Waals surface area contributed by atoms with E-state index in [9.17, 15) is 18.0 Å². The summed E-state index contributed by atoms with van der Waals surface area (Å²) in [6.45, 7) is 2.07. The minimum absolute atomic E-state index is 0.102. The molecule has 0 aromatic heterocycles. The Labute approximate surface area is 123 Å². The normalized spacial score (nSPS) is 15.0. The van der Waals surface area contributed by atoms with Crippen LogP contribution in [0, 0.1) is 0 Å². The second kappa shape index (κ2) is 6.19. The summed E-state index contributed by atoms with van der Waals surface area (Å²) in [7, 11) is -4.20. The number of hydroxylamine groups is 2. The Hall–Kier alpha value is -1.99. The number of rotatable bonds is 6. The molecule has 21 heavy (non-hydrogen) atoms. The Morgan fingerprint density at radius 3 is 2.14 bits per heavy atom. The molecule has 6 nitrogen and oxygen atoms in total. The third kappa shape index (κ3) is 3.56. The summed E-state index contributed by atoms with van der Waals surface area (Å²) >= 11 is 0. The van der Waals surface area contributed by atoms with Gasteiger partial charge >= 0.3 is 10.1 Å². The lowest BCUT2D eigenvalue weighted by molar-refractivity contribution is -0.161. The highest BCUT2D eigenvalue weighted by atomic mass is 32.2. The first-order valence-corrected chi connectivity index (χ1v) is 7.94. The quantitative estimate of drug-likeness (QED) is 0.745. The number of amides is 2. The number of imide groups is 1. The summed E-state index contributed by atoms with van der Waals surface area (Å²) in [5, 5.41) is 0.223. The smallest absolute Gasteiger partial charge is 0.267 e. The molecule has 2 rings (SSSR count). The number of hydrogen-bond acceptors (Lipinski definition) is 5. The van der Waals surface area contributed by atoms with Gasteiger partial charge in [0.15, 0.2) is 0 Å². The maximum absolute atomic E-state index is 12.0. The van der Waals surface area contributed by atoms with Gasteiger partial charge in [0.1, 0.15) is 0 Å². The van der Waals surface area contributed by atoms with Crippen molar-refractivity contribution in [1.82, 2.24) is 5.06 Å². The molecular formula is C14H15NO5S. The molecule has 1 aliphatic heterocycles. The molecule has 1 aromatic rings. The van der Waals surface area contributed by atoms with Crippen molar-refractivity contribution in [2.24, 2.45) is 0 Å². The van der Waals surface area contributed by atoms with E-state index in [1.54, 1.807) is 12.1 Å². The molecule has 0 aliphatic carbocycles. The van der Waals surface area contributed by atoms with E-state index in [0.29, 0.717) is 0 Å². The second-order valence-corrected chi connectivity index (χ2v) is 6.11. The van der Waals surface area contributed by atoms with E-state index in [1.807, 2.05) is 0 Å². The third-order valence-corrected chi connectivity index (χ3v) is 4.17. The number of nitrogens with zero attached hydrogens (tertiary/aromatic N) is 1. The van der Waals surface area contributed by atoms with Gasteiger partial charge in [0.05, 0.1) is 4.90 Å². The van der Waals surface area contributed by atoms with Crippen LogP contribution in [0.3, 0.4) is 0 Å². The summed E-state index contributed by atoms with van der Waals surface area (Å²) in [5.41, 5.74) is 1.02. The molecule has 0 saturated carbocycles. The van der Waals surface area contributed by atoms with Crippen LogP contribution in [-0.2, 0) is 30.4 Å². The zero-order chi connectivity index (χ0) is 15.5. The fraction of sp³-hybridized carbons (Fsp3) is 0.286. The van der Waals surface area contributed by atoms with Gasteiger partial charge in [0, 0.05) is 12.2 Å². The van der Waals surface area contributed by atoms with Gasteiger partial charge in [-0.15, -0.1) is 9.35 Å². The van der Waals surface area contributed by atoms with Gasteiger partial charge in [0.2, 0.25) is 0 Å². The number of carbonyl (C=O) groups is 2. The molecule has 112 valence electrons. The maximum atomic E-state index is 12.0. The first kappa shape index (κ1) is 15.4. The predicted octanol–water partition coefficient (Wildman–Crippen LogP) is 1.57. The minimum atomic E-state index is -4.20. The summed E-state index contributed by atoms with van der Waals surface area (Å²) < 4.78 is 28.6. The van der Waals surface area contributed by atoms with Gasteiger partial charge < -0.3 is 0 Å². The summed E-state index contributed by atoms with van der Waals surface area (Å²) in [6.07, 6.45) is 4.84. The largest absolute Gasteiger partial charge is 0.318 e. The monoisotopic (exact) mass is 309 g/mol. The predicted molar refractivity (Wildman–Crippen MR) is 74.3 cm³/mol. The second-order valence-electron chi connectivity index (χ2n) is 4.58. The van der Waals surface area contributed by atoms with Gasteiger partial charge in [-0.1, -0.05) is 25.5 Å². The van der Waals surface area contributed by atoms with Crippen molar-refractivity contribution >= 4 is 21.9 Å². The van der Waals surface area contributed by atoms with Gasteiger partial charge in [0.25, 0.3) is 11.8 Å². The fourth-order valence-corrected chi connectivity index (χ4v) is 2.70. The lowest BCUT2D eigenvalue weighted by atomic mass is 10.1. The van der Waals surface area contributed by atoms with Gasteiger partial charge in [-0.25, -0.2) is 0 Å². The molecule has 0 unspecified atom stereocenters. The Kier molecular flexibility index (Phi) is 4.54. The molecule has 0 spiro atoms. The summed E-state index contributed by atoms with van der Waals surface area (Å²) in [6, 6.07) is 6.19. The van der Waals surface area contributed by atoms with Crippen molar-refractivity contribution in [2.75, 3.05) is 0 Å². The molecule has 0 N–H and O–H groups in total. The van der Waals surface area contributed by atoms with E-state index >= 15 is 0 Å². The topological polar surface area (TPSA) is 80.8 Å². The van der Waals surface area contributed by atoms with Crippen LogP contribution in [0.2, 0.25) is 0 Å². The van der Waals surface area contributed by atoms with Gasteiger partial charge in [-0.05, 0) is 30.5 Å². The number of benzene rings is 1. The van der Waals surface area contributed by atoms with Crippen molar-refractivity contribution in [3.8, 4) is 0 Å². The van der Waals surface area contributed by atoms with E-state index < -0.39 is 21.9 Å². The molecule has 2 amide bonds. The van der Waals surface area contributed by atoms with E-state index in [2.05, 4.69) is 11.2 Å². The lowest BCUT2D eigenvalue weighted by Crippen LogP contribution is -2.32.